The van der Waals surface area contributed by atoms with Crippen LogP contribution in [0.2, 0.25) is 5.02 Å². The van der Waals surface area contributed by atoms with Gasteiger partial charge in [0.25, 0.3) is 17.5 Å². The van der Waals surface area contributed by atoms with Gasteiger partial charge in [0.15, 0.2) is 0 Å². The summed E-state index contributed by atoms with van der Waals surface area (Å²) >= 11 is 9.88. The van der Waals surface area contributed by atoms with Crippen LogP contribution in [0.1, 0.15) is 41.0 Å². The molecule has 2 aromatic heterocycles. The summed E-state index contributed by atoms with van der Waals surface area (Å²) in [6.45, 7) is 4.32. The SMILES string of the molecule is CNc1cncc(C(=O)N2C[C@H](Nc3c(C(=O)N4C[C@@H](C)O[C@@H](C)C4)cc(Br)cc3[N+](=O)[O-])C[C@H]2C(=O)Nc2cc3nn(C)cc3cc2Cl)c1. The number of ether oxygens (including phenoxy) is 1. The summed E-state index contributed by atoms with van der Waals surface area (Å²) in [7, 11) is 3.47. The molecule has 4 heterocycles. The Balaban J connectivity index is 1.34. The van der Waals surface area contributed by atoms with Crippen LogP contribution in [0.5, 0.6) is 0 Å². The average Bonchev–Trinajstić information content (AvgIpc) is 3.66. The van der Waals surface area contributed by atoms with Crippen molar-refractivity contribution in [3.8, 4) is 0 Å². The zero-order chi connectivity index (χ0) is 35.9. The van der Waals surface area contributed by atoms with Gasteiger partial charge in [-0.3, -0.25) is 34.2 Å². The van der Waals surface area contributed by atoms with Crippen LogP contribution in [0, 0.1) is 10.1 Å². The summed E-state index contributed by atoms with van der Waals surface area (Å²) in [4.78, 5) is 60.9. The molecule has 4 atom stereocenters. The van der Waals surface area contributed by atoms with Gasteiger partial charge in [-0.1, -0.05) is 27.5 Å². The Bertz CT molecular complexity index is 2000. The van der Waals surface area contributed by atoms with Crippen LogP contribution in [0.3, 0.4) is 0 Å². The highest BCUT2D eigenvalue weighted by molar-refractivity contribution is 9.10. The van der Waals surface area contributed by atoms with Gasteiger partial charge in [-0.2, -0.15) is 5.10 Å². The lowest BCUT2D eigenvalue weighted by Crippen LogP contribution is -2.48. The lowest BCUT2D eigenvalue weighted by molar-refractivity contribution is -0.384. The highest BCUT2D eigenvalue weighted by atomic mass is 79.9. The number of likely N-dealkylation sites (tertiary alicyclic amines) is 1. The highest BCUT2D eigenvalue weighted by Gasteiger charge is 2.42. The van der Waals surface area contributed by atoms with Gasteiger partial charge in [0.2, 0.25) is 5.91 Å². The van der Waals surface area contributed by atoms with E-state index < -0.39 is 34.7 Å². The van der Waals surface area contributed by atoms with Gasteiger partial charge in [-0.05, 0) is 44.5 Å². The molecule has 0 radical (unpaired) electrons. The number of anilines is 3. The Kier molecular flexibility index (Phi) is 9.96. The van der Waals surface area contributed by atoms with Gasteiger partial charge in [0.1, 0.15) is 11.7 Å². The lowest BCUT2D eigenvalue weighted by Gasteiger charge is -2.35. The monoisotopic (exact) mass is 767 g/mol. The maximum atomic E-state index is 14.0. The number of nitrogens with zero attached hydrogens (tertiary/aromatic N) is 6. The molecule has 2 aliphatic rings. The van der Waals surface area contributed by atoms with Gasteiger partial charge >= 0.3 is 0 Å². The number of hydrogen-bond donors (Lipinski definition) is 3. The largest absolute Gasteiger partial charge is 0.387 e. The van der Waals surface area contributed by atoms with Crippen LogP contribution in [-0.2, 0) is 16.6 Å². The van der Waals surface area contributed by atoms with Crippen molar-refractivity contribution >= 4 is 78.9 Å². The van der Waals surface area contributed by atoms with Crippen LogP contribution in [0.25, 0.3) is 10.9 Å². The molecule has 0 spiro atoms. The lowest BCUT2D eigenvalue weighted by atomic mass is 10.1. The Morgan fingerprint density at radius 2 is 1.80 bits per heavy atom. The maximum absolute atomic E-state index is 14.0. The number of carbonyl (C=O) groups excluding carboxylic acids is 3. The fourth-order valence-corrected chi connectivity index (χ4v) is 7.19. The van der Waals surface area contributed by atoms with E-state index in [1.54, 1.807) is 54.3 Å². The molecule has 4 aromatic rings. The van der Waals surface area contributed by atoms with Gasteiger partial charge < -0.3 is 30.5 Å². The molecular formula is C33H35BrClN9O6. The second-order valence-electron chi connectivity index (χ2n) is 12.5. The Morgan fingerprint density at radius 3 is 2.50 bits per heavy atom. The fourth-order valence-electron chi connectivity index (χ4n) is 6.53. The summed E-state index contributed by atoms with van der Waals surface area (Å²) in [5, 5.41) is 26.8. The van der Waals surface area contributed by atoms with Crippen molar-refractivity contribution in [1.82, 2.24) is 24.6 Å². The van der Waals surface area contributed by atoms with E-state index in [9.17, 15) is 24.5 Å². The van der Waals surface area contributed by atoms with Crippen molar-refractivity contribution in [3.63, 3.8) is 0 Å². The molecule has 2 saturated heterocycles. The second kappa shape index (κ2) is 14.2. The number of nitro groups is 1. The molecule has 2 aromatic carbocycles. The number of benzene rings is 2. The molecule has 3 amide bonds. The molecule has 0 aliphatic carbocycles. The normalized spacial score (nSPS) is 20.5. The number of morpholine rings is 1. The van der Waals surface area contributed by atoms with Crippen molar-refractivity contribution in [2.24, 2.45) is 7.05 Å². The van der Waals surface area contributed by atoms with E-state index in [2.05, 4.69) is 42.0 Å². The molecular weight excluding hydrogens is 734 g/mol. The van der Waals surface area contributed by atoms with Crippen LogP contribution in [-0.4, -0.2) is 98.2 Å². The zero-order valence-corrected chi connectivity index (χ0v) is 30.0. The topological polar surface area (TPSA) is 177 Å². The third-order valence-electron chi connectivity index (χ3n) is 8.67. The third-order valence-corrected chi connectivity index (χ3v) is 9.44. The molecule has 15 nitrogen and oxygen atoms in total. The van der Waals surface area contributed by atoms with E-state index in [0.717, 1.165) is 5.39 Å². The van der Waals surface area contributed by atoms with Gasteiger partial charge in [0.05, 0.1) is 50.2 Å². The quantitative estimate of drug-likeness (QED) is 0.165. The molecule has 50 heavy (non-hydrogen) atoms. The van der Waals surface area contributed by atoms with Gasteiger partial charge in [0, 0.05) is 74.3 Å². The van der Waals surface area contributed by atoms with Crippen molar-refractivity contribution in [2.45, 2.75) is 44.6 Å². The fraction of sp³-hybridized carbons (Fsp3) is 0.364. The number of amides is 3. The first kappa shape index (κ1) is 35.0. The summed E-state index contributed by atoms with van der Waals surface area (Å²) in [6, 6.07) is 6.13. The first-order chi connectivity index (χ1) is 23.8. The Labute approximate surface area is 300 Å². The van der Waals surface area contributed by atoms with E-state index in [4.69, 9.17) is 16.3 Å². The first-order valence-electron chi connectivity index (χ1n) is 15.9. The van der Waals surface area contributed by atoms with Crippen LogP contribution >= 0.6 is 27.5 Å². The molecule has 2 fully saturated rings. The predicted octanol–water partition coefficient (Wildman–Crippen LogP) is 4.92. The van der Waals surface area contributed by atoms with Crippen LogP contribution < -0.4 is 16.0 Å². The van der Waals surface area contributed by atoms with Crippen molar-refractivity contribution in [2.75, 3.05) is 42.6 Å². The minimum atomic E-state index is -1.02. The number of rotatable bonds is 8. The highest BCUT2D eigenvalue weighted by Crippen LogP contribution is 2.37. The van der Waals surface area contributed by atoms with Crippen molar-refractivity contribution in [3.05, 3.63) is 79.7 Å². The van der Waals surface area contributed by atoms with E-state index >= 15 is 0 Å². The van der Waals surface area contributed by atoms with E-state index in [1.165, 1.54) is 23.2 Å². The minimum Gasteiger partial charge on any atom is -0.387 e. The van der Waals surface area contributed by atoms with E-state index in [0.29, 0.717) is 34.5 Å². The number of pyridine rings is 1. The number of hydrogen-bond acceptors (Lipinski definition) is 10. The molecule has 0 saturated carbocycles. The smallest absolute Gasteiger partial charge is 0.294 e. The van der Waals surface area contributed by atoms with Crippen molar-refractivity contribution in [1.29, 1.82) is 0 Å². The zero-order valence-electron chi connectivity index (χ0n) is 27.6. The predicted molar refractivity (Wildman–Crippen MR) is 192 cm³/mol. The summed E-state index contributed by atoms with van der Waals surface area (Å²) < 4.78 is 7.78. The molecule has 3 N–H and O–H groups in total. The molecule has 262 valence electrons. The number of aryl methyl sites for hydroxylation is 1. The standard InChI is InChI=1S/C33H35BrClN9O6/c1-17-13-42(14-18(2)50-17)33(47)24-7-21(34)8-28(44(48)49)30(24)38-23-9-29(43(16-23)32(46)19-5-22(36-3)12-37-11-19)31(45)39-27-10-26-20(6-25(27)35)15-41(4)40-26/h5-8,10-12,15,17-18,23,29,36,38H,9,13-14,16H2,1-4H3,(H,39,45)/t17-,18+,23-,29+/m1/s1. The number of aromatic nitrogens is 3. The van der Waals surface area contributed by atoms with Gasteiger partial charge in [-0.15, -0.1) is 0 Å². The van der Waals surface area contributed by atoms with E-state index in [-0.39, 0.29) is 52.7 Å². The Hall–Kier alpha value is -4.80. The number of nitrogens with one attached hydrogen (secondary N) is 3. The molecule has 0 bridgehead atoms. The molecule has 0 unspecified atom stereocenters. The third kappa shape index (κ3) is 7.22. The maximum Gasteiger partial charge on any atom is 0.294 e. The van der Waals surface area contributed by atoms with Crippen molar-refractivity contribution < 1.29 is 24.0 Å². The van der Waals surface area contributed by atoms with Gasteiger partial charge in [-0.25, -0.2) is 0 Å². The minimum absolute atomic E-state index is 0.00375. The van der Waals surface area contributed by atoms with Crippen LogP contribution in [0.15, 0.2) is 53.4 Å². The van der Waals surface area contributed by atoms with Crippen LogP contribution in [0.4, 0.5) is 22.7 Å². The molecule has 6 rings (SSSR count). The summed E-state index contributed by atoms with van der Waals surface area (Å²) in [6.07, 6.45) is 4.38. The number of carbonyl (C=O) groups is 3. The number of fused-ring (bicyclic) bond motifs is 1. The second-order valence-corrected chi connectivity index (χ2v) is 13.8. The Morgan fingerprint density at radius 1 is 1.06 bits per heavy atom. The molecule has 2 aliphatic heterocycles. The number of nitro benzene ring substituents is 1. The van der Waals surface area contributed by atoms with E-state index in [1.807, 2.05) is 13.8 Å². The molecule has 17 heteroatoms. The number of halogens is 2. The summed E-state index contributed by atoms with van der Waals surface area (Å²) in [5.74, 6) is -1.40. The summed E-state index contributed by atoms with van der Waals surface area (Å²) in [5.41, 5.74) is 1.52. The first-order valence-corrected chi connectivity index (χ1v) is 17.0. The average molecular weight is 769 g/mol.